The van der Waals surface area contributed by atoms with Gasteiger partial charge in [-0.2, -0.15) is 0 Å². The van der Waals surface area contributed by atoms with Crippen molar-refractivity contribution >= 4 is 17.5 Å². The molecule has 1 saturated carbocycles. The molecule has 0 bridgehead atoms. The predicted octanol–water partition coefficient (Wildman–Crippen LogP) is 3.03. The van der Waals surface area contributed by atoms with Gasteiger partial charge >= 0.3 is 0 Å². The van der Waals surface area contributed by atoms with Gasteiger partial charge in [0.05, 0.1) is 5.60 Å². The molecule has 0 radical (unpaired) electrons. The maximum atomic E-state index is 12.1. The molecule has 1 amide bonds. The van der Waals surface area contributed by atoms with Gasteiger partial charge in [0.1, 0.15) is 0 Å². The van der Waals surface area contributed by atoms with Crippen molar-refractivity contribution in [1.82, 2.24) is 10.5 Å². The number of halogens is 1. The predicted molar refractivity (Wildman–Crippen MR) is 82.7 cm³/mol. The number of aromatic nitrogens is 1. The van der Waals surface area contributed by atoms with Crippen LogP contribution in [0.3, 0.4) is 0 Å². The summed E-state index contributed by atoms with van der Waals surface area (Å²) in [6, 6.07) is 8.67. The topological polar surface area (TPSA) is 75.4 Å². The second-order valence-corrected chi connectivity index (χ2v) is 6.13. The van der Waals surface area contributed by atoms with E-state index in [4.69, 9.17) is 16.1 Å². The quantitative estimate of drug-likeness (QED) is 0.908. The van der Waals surface area contributed by atoms with Crippen LogP contribution in [-0.4, -0.2) is 28.3 Å². The molecule has 2 N–H and O–H groups in total. The Bertz CT molecular complexity index is 660. The summed E-state index contributed by atoms with van der Waals surface area (Å²) in [7, 11) is 0. The van der Waals surface area contributed by atoms with Crippen LogP contribution in [0.2, 0.25) is 5.02 Å². The number of benzene rings is 1. The third-order valence-corrected chi connectivity index (χ3v) is 4.24. The number of amides is 1. The molecule has 1 heterocycles. The first kappa shape index (κ1) is 15.1. The number of nitrogens with zero attached hydrogens (tertiary/aromatic N) is 1. The van der Waals surface area contributed by atoms with Gasteiger partial charge in [-0.15, -0.1) is 0 Å². The van der Waals surface area contributed by atoms with Crippen molar-refractivity contribution in [1.29, 1.82) is 0 Å². The van der Waals surface area contributed by atoms with Crippen LogP contribution in [0.5, 0.6) is 0 Å². The zero-order chi connectivity index (χ0) is 15.6. The summed E-state index contributed by atoms with van der Waals surface area (Å²) in [5.74, 6) is 0.158. The van der Waals surface area contributed by atoms with Crippen LogP contribution >= 0.6 is 11.6 Å². The Balaban J connectivity index is 1.65. The Morgan fingerprint density at radius 1 is 1.32 bits per heavy atom. The zero-order valence-corrected chi connectivity index (χ0v) is 12.8. The maximum Gasteiger partial charge on any atom is 0.273 e. The van der Waals surface area contributed by atoms with E-state index in [1.54, 1.807) is 30.3 Å². The molecule has 22 heavy (non-hydrogen) atoms. The second-order valence-electron chi connectivity index (χ2n) is 5.70. The van der Waals surface area contributed by atoms with Crippen LogP contribution in [0.25, 0.3) is 11.3 Å². The van der Waals surface area contributed by atoms with E-state index in [9.17, 15) is 9.90 Å². The molecule has 1 aromatic carbocycles. The van der Waals surface area contributed by atoms with E-state index in [2.05, 4.69) is 10.5 Å². The summed E-state index contributed by atoms with van der Waals surface area (Å²) in [4.78, 5) is 12.1. The lowest BCUT2D eigenvalue weighted by Gasteiger charge is -2.21. The lowest BCUT2D eigenvalue weighted by molar-refractivity contribution is 0.0448. The molecule has 1 aliphatic rings. The van der Waals surface area contributed by atoms with Crippen LogP contribution in [-0.2, 0) is 0 Å². The molecule has 0 atom stereocenters. The molecule has 116 valence electrons. The van der Waals surface area contributed by atoms with Gasteiger partial charge in [0.2, 0.25) is 0 Å². The summed E-state index contributed by atoms with van der Waals surface area (Å²) >= 11 is 5.84. The molecule has 0 spiro atoms. The van der Waals surface area contributed by atoms with Crippen molar-refractivity contribution in [3.05, 3.63) is 41.0 Å². The minimum Gasteiger partial charge on any atom is -0.388 e. The number of carbonyl (C=O) groups is 1. The van der Waals surface area contributed by atoms with E-state index in [0.717, 1.165) is 31.2 Å². The minimum atomic E-state index is -0.779. The molecule has 2 aromatic rings. The average Bonchev–Trinajstić information content (AvgIpc) is 3.15. The normalized spacial score (nSPS) is 16.6. The SMILES string of the molecule is O=C(NCC1(O)CCCC1)c1cc(-c2ccc(Cl)cc2)on1. The highest BCUT2D eigenvalue weighted by molar-refractivity contribution is 6.30. The first-order chi connectivity index (χ1) is 10.6. The van der Waals surface area contributed by atoms with Gasteiger partial charge in [-0.3, -0.25) is 4.79 Å². The minimum absolute atomic E-state index is 0.201. The van der Waals surface area contributed by atoms with Gasteiger partial charge in [-0.25, -0.2) is 0 Å². The van der Waals surface area contributed by atoms with Crippen LogP contribution in [0.15, 0.2) is 34.9 Å². The van der Waals surface area contributed by atoms with Crippen LogP contribution in [0, 0.1) is 0 Å². The molecule has 0 saturated heterocycles. The molecular formula is C16H17ClN2O3. The zero-order valence-electron chi connectivity index (χ0n) is 12.0. The van der Waals surface area contributed by atoms with Crippen molar-refractivity contribution < 1.29 is 14.4 Å². The van der Waals surface area contributed by atoms with Crippen LogP contribution < -0.4 is 5.32 Å². The fraction of sp³-hybridized carbons (Fsp3) is 0.375. The molecule has 0 unspecified atom stereocenters. The number of hydrogen-bond acceptors (Lipinski definition) is 4. The third kappa shape index (κ3) is 3.31. The summed E-state index contributed by atoms with van der Waals surface area (Å²) in [6.45, 7) is 0.245. The fourth-order valence-corrected chi connectivity index (χ4v) is 2.80. The molecular weight excluding hydrogens is 304 g/mol. The highest BCUT2D eigenvalue weighted by Gasteiger charge is 2.31. The second kappa shape index (κ2) is 6.10. The van der Waals surface area contributed by atoms with Crippen LogP contribution in [0.4, 0.5) is 0 Å². The number of rotatable bonds is 4. The molecule has 0 aliphatic heterocycles. The lowest BCUT2D eigenvalue weighted by Crippen LogP contribution is -2.40. The number of carbonyl (C=O) groups excluding carboxylic acids is 1. The summed E-state index contributed by atoms with van der Waals surface area (Å²) < 4.78 is 5.19. The van der Waals surface area contributed by atoms with Crippen molar-refractivity contribution in [3.63, 3.8) is 0 Å². The Morgan fingerprint density at radius 2 is 2.00 bits per heavy atom. The maximum absolute atomic E-state index is 12.1. The number of hydrogen-bond donors (Lipinski definition) is 2. The molecule has 6 heteroatoms. The summed E-state index contributed by atoms with van der Waals surface area (Å²) in [5, 5.41) is 17.4. The van der Waals surface area contributed by atoms with E-state index in [-0.39, 0.29) is 18.1 Å². The lowest BCUT2D eigenvalue weighted by atomic mass is 10.0. The molecule has 1 fully saturated rings. The highest BCUT2D eigenvalue weighted by Crippen LogP contribution is 2.28. The van der Waals surface area contributed by atoms with Crippen molar-refractivity contribution in [2.75, 3.05) is 6.54 Å². The van der Waals surface area contributed by atoms with E-state index >= 15 is 0 Å². The molecule has 5 nitrogen and oxygen atoms in total. The van der Waals surface area contributed by atoms with Gasteiger partial charge in [-0.1, -0.05) is 29.6 Å². The largest absolute Gasteiger partial charge is 0.388 e. The van der Waals surface area contributed by atoms with Gasteiger partial charge in [0.25, 0.3) is 5.91 Å². The first-order valence-electron chi connectivity index (χ1n) is 7.29. The fourth-order valence-electron chi connectivity index (χ4n) is 2.68. The molecule has 1 aromatic heterocycles. The number of aliphatic hydroxyl groups is 1. The molecule has 1 aliphatic carbocycles. The smallest absolute Gasteiger partial charge is 0.273 e. The Morgan fingerprint density at radius 3 is 2.68 bits per heavy atom. The first-order valence-corrected chi connectivity index (χ1v) is 7.67. The Labute approximate surface area is 133 Å². The number of nitrogens with one attached hydrogen (secondary N) is 1. The van der Waals surface area contributed by atoms with E-state index in [1.165, 1.54) is 0 Å². The van der Waals surface area contributed by atoms with E-state index < -0.39 is 5.60 Å². The Hall–Kier alpha value is -1.85. The van der Waals surface area contributed by atoms with Crippen molar-refractivity contribution in [2.24, 2.45) is 0 Å². The van der Waals surface area contributed by atoms with Gasteiger partial charge < -0.3 is 14.9 Å². The van der Waals surface area contributed by atoms with Gasteiger partial charge in [-0.05, 0) is 37.1 Å². The van der Waals surface area contributed by atoms with Gasteiger partial charge in [0.15, 0.2) is 11.5 Å². The monoisotopic (exact) mass is 320 g/mol. The third-order valence-electron chi connectivity index (χ3n) is 3.98. The Kier molecular flexibility index (Phi) is 4.18. The van der Waals surface area contributed by atoms with Gasteiger partial charge in [0, 0.05) is 23.2 Å². The standard InChI is InChI=1S/C16H17ClN2O3/c17-12-5-3-11(4-6-12)14-9-13(19-22-14)15(20)18-10-16(21)7-1-2-8-16/h3-6,9,21H,1-2,7-8,10H2,(H,18,20). The van der Waals surface area contributed by atoms with E-state index in [0.29, 0.717) is 10.8 Å². The summed E-state index contributed by atoms with van der Waals surface area (Å²) in [5.41, 5.74) is 0.218. The van der Waals surface area contributed by atoms with Crippen molar-refractivity contribution in [3.8, 4) is 11.3 Å². The average molecular weight is 321 g/mol. The van der Waals surface area contributed by atoms with Crippen LogP contribution in [0.1, 0.15) is 36.2 Å². The summed E-state index contributed by atoms with van der Waals surface area (Å²) in [6.07, 6.45) is 3.44. The highest BCUT2D eigenvalue weighted by atomic mass is 35.5. The van der Waals surface area contributed by atoms with Crippen molar-refractivity contribution in [2.45, 2.75) is 31.3 Å². The van der Waals surface area contributed by atoms with E-state index in [1.807, 2.05) is 0 Å². The molecule has 3 rings (SSSR count).